The molecule has 104 valence electrons. The van der Waals surface area contributed by atoms with Gasteiger partial charge in [-0.3, -0.25) is 4.79 Å². The second-order valence-corrected chi connectivity index (χ2v) is 5.72. The fraction of sp³-hybridized carbons (Fsp3) is 0.571. The lowest BCUT2D eigenvalue weighted by Crippen LogP contribution is -2.36. The first-order valence-corrected chi connectivity index (χ1v) is 7.14. The van der Waals surface area contributed by atoms with Gasteiger partial charge in [0.25, 0.3) is 0 Å². The van der Waals surface area contributed by atoms with Crippen LogP contribution in [0.5, 0.6) is 0 Å². The number of hydrogen-bond acceptors (Lipinski definition) is 3. The van der Waals surface area contributed by atoms with E-state index in [2.05, 4.69) is 10.3 Å². The topological polar surface area (TPSA) is 68.0 Å². The van der Waals surface area contributed by atoms with Gasteiger partial charge < -0.3 is 11.1 Å². The minimum Gasteiger partial charge on any atom is -0.330 e. The van der Waals surface area contributed by atoms with Gasteiger partial charge in [0, 0.05) is 6.42 Å². The summed E-state index contributed by atoms with van der Waals surface area (Å²) in [5, 5.41) is 3.18. The SMILES string of the molecule is NCC1(CC(=O)Nc2cccc(Cl)n2)CCCCC1. The van der Waals surface area contributed by atoms with Crippen LogP contribution in [0, 0.1) is 5.41 Å². The average molecular weight is 282 g/mol. The highest BCUT2D eigenvalue weighted by Crippen LogP contribution is 2.38. The Hall–Kier alpha value is -1.13. The van der Waals surface area contributed by atoms with Crippen molar-refractivity contribution in [3.63, 3.8) is 0 Å². The highest BCUT2D eigenvalue weighted by atomic mass is 35.5. The van der Waals surface area contributed by atoms with Gasteiger partial charge in [-0.15, -0.1) is 0 Å². The number of amides is 1. The molecule has 1 fully saturated rings. The van der Waals surface area contributed by atoms with Gasteiger partial charge >= 0.3 is 0 Å². The number of nitrogens with zero attached hydrogens (tertiary/aromatic N) is 1. The third-order valence-corrected chi connectivity index (χ3v) is 4.08. The van der Waals surface area contributed by atoms with E-state index in [-0.39, 0.29) is 11.3 Å². The van der Waals surface area contributed by atoms with Crippen LogP contribution in [-0.4, -0.2) is 17.4 Å². The Bertz CT molecular complexity index is 444. The number of rotatable bonds is 4. The summed E-state index contributed by atoms with van der Waals surface area (Å²) >= 11 is 5.79. The summed E-state index contributed by atoms with van der Waals surface area (Å²) < 4.78 is 0. The van der Waals surface area contributed by atoms with Crippen LogP contribution in [0.15, 0.2) is 18.2 Å². The molecule has 0 spiro atoms. The zero-order valence-electron chi connectivity index (χ0n) is 11.0. The van der Waals surface area contributed by atoms with Crippen LogP contribution in [0.25, 0.3) is 0 Å². The van der Waals surface area contributed by atoms with E-state index in [9.17, 15) is 4.79 Å². The molecule has 1 heterocycles. The van der Waals surface area contributed by atoms with Crippen molar-refractivity contribution in [2.75, 3.05) is 11.9 Å². The Labute approximate surface area is 118 Å². The highest BCUT2D eigenvalue weighted by molar-refractivity contribution is 6.29. The first-order valence-electron chi connectivity index (χ1n) is 6.76. The molecule has 2 rings (SSSR count). The standard InChI is InChI=1S/C14H20ClN3O/c15-11-5-4-6-12(17-11)18-13(19)9-14(10-16)7-2-1-3-8-14/h4-6H,1-3,7-10,16H2,(H,17,18,19). The van der Waals surface area contributed by atoms with E-state index >= 15 is 0 Å². The van der Waals surface area contributed by atoms with E-state index in [1.54, 1.807) is 18.2 Å². The van der Waals surface area contributed by atoms with Gasteiger partial charge in [-0.05, 0) is 36.9 Å². The van der Waals surface area contributed by atoms with Crippen LogP contribution in [0.4, 0.5) is 5.82 Å². The number of carbonyl (C=O) groups excluding carboxylic acids is 1. The molecule has 1 saturated carbocycles. The van der Waals surface area contributed by atoms with Crippen LogP contribution < -0.4 is 11.1 Å². The Morgan fingerprint density at radius 3 is 2.74 bits per heavy atom. The summed E-state index contributed by atoms with van der Waals surface area (Å²) in [5.41, 5.74) is 5.86. The Balaban J connectivity index is 1.96. The molecule has 3 N–H and O–H groups in total. The van der Waals surface area contributed by atoms with Gasteiger partial charge in [0.1, 0.15) is 11.0 Å². The number of anilines is 1. The highest BCUT2D eigenvalue weighted by Gasteiger charge is 2.32. The first-order chi connectivity index (χ1) is 9.13. The normalized spacial score (nSPS) is 18.0. The predicted octanol–water partition coefficient (Wildman–Crippen LogP) is 2.97. The summed E-state index contributed by atoms with van der Waals surface area (Å²) in [6.07, 6.45) is 6.14. The van der Waals surface area contributed by atoms with E-state index in [0.717, 1.165) is 12.8 Å². The zero-order valence-corrected chi connectivity index (χ0v) is 11.7. The van der Waals surface area contributed by atoms with Crippen molar-refractivity contribution in [3.8, 4) is 0 Å². The van der Waals surface area contributed by atoms with Gasteiger partial charge in [0.15, 0.2) is 0 Å². The minimum atomic E-state index is -0.0269. The smallest absolute Gasteiger partial charge is 0.226 e. The first kappa shape index (κ1) is 14.3. The number of hydrogen-bond donors (Lipinski definition) is 2. The molecule has 1 aromatic heterocycles. The summed E-state index contributed by atoms with van der Waals surface area (Å²) in [4.78, 5) is 16.2. The van der Waals surface area contributed by atoms with E-state index in [4.69, 9.17) is 17.3 Å². The summed E-state index contributed by atoms with van der Waals surface area (Å²) in [5.74, 6) is 0.475. The molecule has 0 aromatic carbocycles. The molecule has 0 aliphatic heterocycles. The van der Waals surface area contributed by atoms with Crippen molar-refractivity contribution in [2.45, 2.75) is 38.5 Å². The molecule has 1 aromatic rings. The summed E-state index contributed by atoms with van der Waals surface area (Å²) in [6.45, 7) is 0.573. The Kier molecular flexibility index (Phi) is 4.77. The van der Waals surface area contributed by atoms with Crippen molar-refractivity contribution in [1.29, 1.82) is 0 Å². The second kappa shape index (κ2) is 6.35. The maximum absolute atomic E-state index is 12.1. The third kappa shape index (κ3) is 3.91. The number of carbonyl (C=O) groups is 1. The fourth-order valence-corrected chi connectivity index (χ4v) is 2.92. The molecular weight excluding hydrogens is 262 g/mol. The number of aromatic nitrogens is 1. The van der Waals surface area contributed by atoms with E-state index in [1.165, 1.54) is 19.3 Å². The van der Waals surface area contributed by atoms with Crippen LogP contribution in [0.3, 0.4) is 0 Å². The number of nitrogens with one attached hydrogen (secondary N) is 1. The lowest BCUT2D eigenvalue weighted by atomic mass is 9.71. The quantitative estimate of drug-likeness (QED) is 0.834. The largest absolute Gasteiger partial charge is 0.330 e. The van der Waals surface area contributed by atoms with E-state index in [1.807, 2.05) is 0 Å². The fourth-order valence-electron chi connectivity index (χ4n) is 2.76. The van der Waals surface area contributed by atoms with E-state index in [0.29, 0.717) is 23.9 Å². The molecule has 1 amide bonds. The van der Waals surface area contributed by atoms with Gasteiger partial charge in [0.05, 0.1) is 0 Å². The molecule has 0 bridgehead atoms. The maximum Gasteiger partial charge on any atom is 0.226 e. The molecule has 19 heavy (non-hydrogen) atoms. The third-order valence-electron chi connectivity index (χ3n) is 3.87. The Morgan fingerprint density at radius 2 is 2.11 bits per heavy atom. The van der Waals surface area contributed by atoms with Gasteiger partial charge in [-0.25, -0.2) is 4.98 Å². The van der Waals surface area contributed by atoms with Crippen molar-refractivity contribution < 1.29 is 4.79 Å². The lowest BCUT2D eigenvalue weighted by Gasteiger charge is -2.35. The van der Waals surface area contributed by atoms with Crippen LogP contribution in [0.1, 0.15) is 38.5 Å². The molecule has 1 aliphatic rings. The van der Waals surface area contributed by atoms with Crippen molar-refractivity contribution in [1.82, 2.24) is 4.98 Å². The Morgan fingerprint density at radius 1 is 1.37 bits per heavy atom. The van der Waals surface area contributed by atoms with Crippen molar-refractivity contribution in [2.24, 2.45) is 11.1 Å². The average Bonchev–Trinajstić information content (AvgIpc) is 2.39. The van der Waals surface area contributed by atoms with Crippen LogP contribution in [-0.2, 0) is 4.79 Å². The molecule has 1 aliphatic carbocycles. The molecule has 5 heteroatoms. The number of halogens is 1. The summed E-state index contributed by atoms with van der Waals surface area (Å²) in [7, 11) is 0. The summed E-state index contributed by atoms with van der Waals surface area (Å²) in [6, 6.07) is 5.18. The molecule has 0 atom stereocenters. The van der Waals surface area contributed by atoms with Crippen LogP contribution >= 0.6 is 11.6 Å². The van der Waals surface area contributed by atoms with E-state index < -0.39 is 0 Å². The number of nitrogens with two attached hydrogens (primary N) is 1. The predicted molar refractivity (Wildman–Crippen MR) is 77.1 cm³/mol. The molecule has 0 radical (unpaired) electrons. The van der Waals surface area contributed by atoms with Gasteiger partial charge in [-0.1, -0.05) is 36.9 Å². The maximum atomic E-state index is 12.1. The van der Waals surface area contributed by atoms with Gasteiger partial charge in [0.2, 0.25) is 5.91 Å². The molecule has 4 nitrogen and oxygen atoms in total. The molecular formula is C14H20ClN3O. The van der Waals surface area contributed by atoms with Crippen molar-refractivity contribution in [3.05, 3.63) is 23.4 Å². The zero-order chi connectivity index (χ0) is 13.7. The van der Waals surface area contributed by atoms with Crippen LogP contribution in [0.2, 0.25) is 5.15 Å². The number of pyridine rings is 1. The lowest BCUT2D eigenvalue weighted by molar-refractivity contribution is -0.118. The second-order valence-electron chi connectivity index (χ2n) is 5.34. The van der Waals surface area contributed by atoms with Gasteiger partial charge in [-0.2, -0.15) is 0 Å². The molecule has 0 saturated heterocycles. The monoisotopic (exact) mass is 281 g/mol. The molecule has 0 unspecified atom stereocenters. The van der Waals surface area contributed by atoms with Crippen molar-refractivity contribution >= 4 is 23.3 Å². The minimum absolute atomic E-state index is 0.0258.